The number of aromatic amines is 1. The lowest BCUT2D eigenvalue weighted by molar-refractivity contribution is -0.790. The van der Waals surface area contributed by atoms with Gasteiger partial charge < -0.3 is 24.1 Å². The molecular formula is C40H46N8O10. The van der Waals surface area contributed by atoms with Crippen molar-refractivity contribution in [1.29, 1.82) is 0 Å². The SMILES string of the molecule is CCCc1nc(C(C)(C)O)c(C(=O)CC(Cc2ccccc2)C(=O)OCCCCC(CO[N+](=O)[O-])O[N+](=O)[O-])n1Cc1ccc(-c2ccccc2-c2nn[nH]n2)cc1. The van der Waals surface area contributed by atoms with Crippen LogP contribution < -0.4 is 0 Å². The van der Waals surface area contributed by atoms with Gasteiger partial charge in [0.05, 0.1) is 12.5 Å². The standard InChI is InChI=1S/C40H46N8O10/c1-4-12-35-41-37(40(2,3)51)36(46(35)25-28-18-20-29(21-19-28)32-16-8-9-17-33(32)38-42-44-45-43-38)34(49)24-30(23-27-13-6-5-7-14-27)39(50)56-22-11-10-15-31(58-48(54)55)26-57-47(52)53/h5-9,13-14,16-21,30-31,51H,4,10-12,15,22-26H2,1-3H3,(H,42,43,44,45). The minimum absolute atomic E-state index is 0.0401. The Morgan fingerprint density at radius 2 is 1.64 bits per heavy atom. The van der Waals surface area contributed by atoms with Gasteiger partial charge in [0.25, 0.3) is 10.2 Å². The highest BCUT2D eigenvalue weighted by molar-refractivity contribution is 5.98. The van der Waals surface area contributed by atoms with Crippen LogP contribution in [-0.2, 0) is 44.2 Å². The van der Waals surface area contributed by atoms with Crippen LogP contribution in [0.1, 0.15) is 86.0 Å². The number of H-pyrrole nitrogens is 1. The molecule has 2 aromatic heterocycles. The third-order valence-electron chi connectivity index (χ3n) is 9.34. The van der Waals surface area contributed by atoms with Crippen LogP contribution in [0.3, 0.4) is 0 Å². The average Bonchev–Trinajstić information content (AvgIpc) is 3.86. The lowest BCUT2D eigenvalue weighted by atomic mass is 9.91. The van der Waals surface area contributed by atoms with Gasteiger partial charge in [-0.2, -0.15) is 5.21 Å². The number of rotatable bonds is 23. The summed E-state index contributed by atoms with van der Waals surface area (Å²) in [6.45, 7) is 4.73. The Hall–Kier alpha value is -6.56. The van der Waals surface area contributed by atoms with Crippen molar-refractivity contribution in [2.45, 2.75) is 84.0 Å². The molecule has 306 valence electrons. The van der Waals surface area contributed by atoms with E-state index >= 15 is 0 Å². The van der Waals surface area contributed by atoms with Crippen LogP contribution in [0.2, 0.25) is 0 Å². The third kappa shape index (κ3) is 11.7. The summed E-state index contributed by atoms with van der Waals surface area (Å²) < 4.78 is 7.46. The lowest BCUT2D eigenvalue weighted by Crippen LogP contribution is -2.27. The van der Waals surface area contributed by atoms with Gasteiger partial charge >= 0.3 is 5.97 Å². The molecule has 2 unspecified atom stereocenters. The number of hydrogen-bond donors (Lipinski definition) is 2. The van der Waals surface area contributed by atoms with Crippen LogP contribution in [-0.4, -0.2) is 76.5 Å². The minimum Gasteiger partial charge on any atom is -0.465 e. The van der Waals surface area contributed by atoms with Gasteiger partial charge in [-0.25, -0.2) is 4.98 Å². The number of nitrogens with one attached hydrogen (secondary N) is 1. The number of ketones is 1. The second-order valence-electron chi connectivity index (χ2n) is 14.2. The zero-order valence-electron chi connectivity index (χ0n) is 32.5. The molecule has 0 amide bonds. The first kappa shape index (κ1) is 42.6. The summed E-state index contributed by atoms with van der Waals surface area (Å²) in [5.41, 5.74) is 3.27. The van der Waals surface area contributed by atoms with Crippen LogP contribution in [0.5, 0.6) is 0 Å². The molecule has 0 spiro atoms. The van der Waals surface area contributed by atoms with Crippen molar-refractivity contribution in [1.82, 2.24) is 30.2 Å². The number of aryl methyl sites for hydroxylation is 1. The van der Waals surface area contributed by atoms with Crippen LogP contribution >= 0.6 is 0 Å². The number of nitrogens with zero attached hydrogens (tertiary/aromatic N) is 7. The quantitative estimate of drug-likeness (QED) is 0.0258. The van der Waals surface area contributed by atoms with Gasteiger partial charge in [0.2, 0.25) is 5.82 Å². The molecule has 0 aliphatic rings. The molecule has 5 aromatic rings. The zero-order valence-corrected chi connectivity index (χ0v) is 32.5. The first-order valence-corrected chi connectivity index (χ1v) is 18.9. The van der Waals surface area contributed by atoms with E-state index in [0.29, 0.717) is 18.1 Å². The molecule has 58 heavy (non-hydrogen) atoms. The maximum atomic E-state index is 14.6. The number of carbonyl (C=O) groups excluding carboxylic acids is 2. The molecule has 2 atom stereocenters. The summed E-state index contributed by atoms with van der Waals surface area (Å²) in [4.78, 5) is 63.1. The van der Waals surface area contributed by atoms with Gasteiger partial charge in [-0.3, -0.25) is 9.59 Å². The highest BCUT2D eigenvalue weighted by Crippen LogP contribution is 2.32. The second-order valence-corrected chi connectivity index (χ2v) is 14.2. The van der Waals surface area contributed by atoms with Crippen molar-refractivity contribution in [2.75, 3.05) is 13.2 Å². The van der Waals surface area contributed by atoms with Crippen molar-refractivity contribution in [2.24, 2.45) is 5.92 Å². The summed E-state index contributed by atoms with van der Waals surface area (Å²) in [6, 6.07) is 24.8. The number of imidazole rings is 1. The molecule has 18 nitrogen and oxygen atoms in total. The maximum Gasteiger partial charge on any atom is 0.309 e. The Kier molecular flexibility index (Phi) is 14.7. The van der Waals surface area contributed by atoms with Gasteiger partial charge in [0, 0.05) is 24.9 Å². The number of unbranched alkanes of at least 4 members (excludes halogenated alkanes) is 1. The Balaban J connectivity index is 1.37. The molecule has 0 fully saturated rings. The summed E-state index contributed by atoms with van der Waals surface area (Å²) in [7, 11) is 0. The number of aromatic nitrogens is 6. The van der Waals surface area contributed by atoms with Gasteiger partial charge in [-0.05, 0) is 73.4 Å². The Morgan fingerprint density at radius 3 is 2.28 bits per heavy atom. The van der Waals surface area contributed by atoms with Crippen molar-refractivity contribution in [3.05, 3.63) is 127 Å². The topological polar surface area (TPSA) is 241 Å². The predicted molar refractivity (Wildman–Crippen MR) is 208 cm³/mol. The van der Waals surface area contributed by atoms with E-state index in [4.69, 9.17) is 9.72 Å². The molecule has 5 rings (SSSR count). The molecule has 3 aromatic carbocycles. The normalized spacial score (nSPS) is 12.4. The number of Topliss-reactive ketones (excluding diaryl/α,β-unsaturated/α-hetero) is 1. The summed E-state index contributed by atoms with van der Waals surface area (Å²) >= 11 is 0. The number of aliphatic hydroxyl groups is 1. The number of ether oxygens (including phenoxy) is 1. The van der Waals surface area contributed by atoms with E-state index in [-0.39, 0.29) is 62.4 Å². The van der Waals surface area contributed by atoms with Crippen molar-refractivity contribution < 1.29 is 39.3 Å². The van der Waals surface area contributed by atoms with E-state index in [1.54, 1.807) is 13.8 Å². The molecule has 0 bridgehead atoms. The summed E-state index contributed by atoms with van der Waals surface area (Å²) in [5.74, 6) is -0.815. The van der Waals surface area contributed by atoms with Crippen molar-refractivity contribution >= 4 is 11.8 Å². The van der Waals surface area contributed by atoms with E-state index in [0.717, 1.165) is 34.2 Å². The van der Waals surface area contributed by atoms with Gasteiger partial charge in [-0.1, -0.05) is 85.8 Å². The number of benzene rings is 3. The number of tetrazole rings is 1. The Morgan fingerprint density at radius 1 is 0.931 bits per heavy atom. The van der Waals surface area contributed by atoms with E-state index in [1.165, 1.54) is 0 Å². The molecule has 0 aliphatic heterocycles. The van der Waals surface area contributed by atoms with Gasteiger partial charge in [-0.15, -0.1) is 30.4 Å². The van der Waals surface area contributed by atoms with E-state index in [1.807, 2.05) is 90.4 Å². The Bertz CT molecular complexity index is 2130. The fraction of sp³-hybridized carbons (Fsp3) is 0.400. The first-order chi connectivity index (χ1) is 27.8. The largest absolute Gasteiger partial charge is 0.465 e. The zero-order chi connectivity index (χ0) is 41.7. The summed E-state index contributed by atoms with van der Waals surface area (Å²) in [6.07, 6.45) is 0.628. The monoisotopic (exact) mass is 798 g/mol. The molecule has 0 saturated heterocycles. The van der Waals surface area contributed by atoms with E-state index in [9.17, 15) is 34.9 Å². The van der Waals surface area contributed by atoms with Gasteiger partial charge in [0.1, 0.15) is 35.5 Å². The molecule has 18 heteroatoms. The van der Waals surface area contributed by atoms with Crippen LogP contribution in [0, 0.1) is 26.1 Å². The maximum absolute atomic E-state index is 14.6. The number of carbonyl (C=O) groups is 2. The fourth-order valence-electron chi connectivity index (χ4n) is 6.63. The molecule has 2 heterocycles. The van der Waals surface area contributed by atoms with Crippen molar-refractivity contribution in [3.63, 3.8) is 0 Å². The lowest BCUT2D eigenvalue weighted by Gasteiger charge is -2.20. The highest BCUT2D eigenvalue weighted by Gasteiger charge is 2.34. The highest BCUT2D eigenvalue weighted by atomic mass is 17.0. The molecule has 0 saturated carbocycles. The van der Waals surface area contributed by atoms with Crippen LogP contribution in [0.15, 0.2) is 78.9 Å². The molecule has 2 N–H and O–H groups in total. The number of esters is 1. The third-order valence-corrected chi connectivity index (χ3v) is 9.34. The second kappa shape index (κ2) is 20.0. The smallest absolute Gasteiger partial charge is 0.309 e. The first-order valence-electron chi connectivity index (χ1n) is 18.9. The number of hydrogen-bond acceptors (Lipinski definition) is 14. The predicted octanol–water partition coefficient (Wildman–Crippen LogP) is 5.89. The average molecular weight is 799 g/mol. The van der Waals surface area contributed by atoms with Crippen molar-refractivity contribution in [3.8, 4) is 22.5 Å². The van der Waals surface area contributed by atoms with E-state index < -0.39 is 40.4 Å². The van der Waals surface area contributed by atoms with Crippen LogP contribution in [0.4, 0.5) is 0 Å². The Labute approximate surface area is 333 Å². The molecule has 0 radical (unpaired) electrons. The molecule has 0 aliphatic carbocycles. The summed E-state index contributed by atoms with van der Waals surface area (Å²) in [5, 5.41) is 45.0. The van der Waals surface area contributed by atoms with Gasteiger partial charge in [0.15, 0.2) is 5.78 Å². The minimum atomic E-state index is -1.49. The fourth-order valence-corrected chi connectivity index (χ4v) is 6.63. The molecular weight excluding hydrogens is 752 g/mol. The van der Waals surface area contributed by atoms with Crippen LogP contribution in [0.25, 0.3) is 22.5 Å². The van der Waals surface area contributed by atoms with E-state index in [2.05, 4.69) is 30.3 Å².